The minimum Gasteiger partial charge on any atom is -0.467 e. The van der Waals surface area contributed by atoms with Crippen LogP contribution in [-0.2, 0) is 28.2 Å². The van der Waals surface area contributed by atoms with Gasteiger partial charge in [-0.2, -0.15) is 0 Å². The fraction of sp³-hybridized carbons (Fsp3) is 0.952. The molecule has 0 amide bonds. The van der Waals surface area contributed by atoms with Crippen molar-refractivity contribution in [2.75, 3.05) is 13.7 Å². The third-order valence-corrected chi connectivity index (χ3v) is 11.8. The number of azide groups is 2. The standard InChI is InChI=1S/C21H38N6O6Si/c1-12-13(2)17(24-26-22)21(25-27-23,18(28)29-8)32-15(12)16(14-11-30-20(6,7)31-14)33-34(9,10)19(3,4)5/h12-17H,11H2,1-10H3/t12-,13+,14-,15?,16-,17?,21+/m1/s1. The van der Waals surface area contributed by atoms with Gasteiger partial charge in [-0.3, -0.25) is 0 Å². The molecule has 34 heavy (non-hydrogen) atoms. The highest BCUT2D eigenvalue weighted by Gasteiger charge is 2.60. The Hall–Kier alpha value is -1.85. The van der Waals surface area contributed by atoms with Gasteiger partial charge in [0.1, 0.15) is 12.2 Å². The molecule has 2 unspecified atom stereocenters. The van der Waals surface area contributed by atoms with Crippen molar-refractivity contribution in [3.63, 3.8) is 0 Å². The lowest BCUT2D eigenvalue weighted by molar-refractivity contribution is -0.234. The van der Waals surface area contributed by atoms with Crippen molar-refractivity contribution < 1.29 is 28.2 Å². The zero-order chi connectivity index (χ0) is 26.1. The summed E-state index contributed by atoms with van der Waals surface area (Å²) in [5, 5.41) is 7.37. The first-order valence-electron chi connectivity index (χ1n) is 11.4. The number of carbonyl (C=O) groups excluding carboxylic acids is 1. The molecule has 2 heterocycles. The average Bonchev–Trinajstić information content (AvgIpc) is 3.10. The fourth-order valence-electron chi connectivity index (χ4n) is 4.19. The second kappa shape index (κ2) is 10.0. The van der Waals surface area contributed by atoms with Gasteiger partial charge in [-0.15, -0.1) is 0 Å². The Balaban J connectivity index is 2.65. The van der Waals surface area contributed by atoms with Crippen molar-refractivity contribution in [2.24, 2.45) is 22.1 Å². The summed E-state index contributed by atoms with van der Waals surface area (Å²) in [6, 6.07) is -1.11. The minimum absolute atomic E-state index is 0.123. The number of methoxy groups -OCH3 is 1. The van der Waals surface area contributed by atoms with Crippen molar-refractivity contribution >= 4 is 14.3 Å². The highest BCUT2D eigenvalue weighted by Crippen LogP contribution is 2.46. The monoisotopic (exact) mass is 498 g/mol. The summed E-state index contributed by atoms with van der Waals surface area (Å²) in [6.45, 7) is 18.2. The first kappa shape index (κ1) is 28.4. The van der Waals surface area contributed by atoms with Gasteiger partial charge in [-0.05, 0) is 60.0 Å². The molecule has 0 saturated carbocycles. The Morgan fingerprint density at radius 1 is 1.15 bits per heavy atom. The number of carbonyl (C=O) groups is 1. The predicted molar refractivity (Wildman–Crippen MR) is 127 cm³/mol. The first-order valence-corrected chi connectivity index (χ1v) is 14.3. The Kier molecular flexibility index (Phi) is 8.37. The van der Waals surface area contributed by atoms with Crippen molar-refractivity contribution in [2.45, 2.75) is 102 Å². The lowest BCUT2D eigenvalue weighted by Crippen LogP contribution is -2.65. The van der Waals surface area contributed by atoms with E-state index in [4.69, 9.17) is 23.4 Å². The summed E-state index contributed by atoms with van der Waals surface area (Å²) in [6.07, 6.45) is -1.90. The SMILES string of the molecule is COC(=O)[C@@]1(N=[N+]=[N-])OC([C@H](O[Si](C)(C)C(C)(C)C)[C@H]2COC(C)(C)O2)[C@H](C)[C@H](C)C1N=[N+]=[N-]. The van der Waals surface area contributed by atoms with Crippen LogP contribution in [0.15, 0.2) is 10.2 Å². The van der Waals surface area contributed by atoms with Gasteiger partial charge >= 0.3 is 5.97 Å². The summed E-state index contributed by atoms with van der Waals surface area (Å²) < 4.78 is 30.1. The molecule has 0 aromatic carbocycles. The predicted octanol–water partition coefficient (Wildman–Crippen LogP) is 5.06. The van der Waals surface area contributed by atoms with Gasteiger partial charge in [-0.1, -0.05) is 39.7 Å². The number of esters is 1. The summed E-state index contributed by atoms with van der Waals surface area (Å²) in [7, 11) is -1.21. The van der Waals surface area contributed by atoms with Crippen LogP contribution in [0.25, 0.3) is 20.9 Å². The molecule has 0 bridgehead atoms. The van der Waals surface area contributed by atoms with Gasteiger partial charge in [0, 0.05) is 9.82 Å². The van der Waals surface area contributed by atoms with E-state index in [1.54, 1.807) is 0 Å². The van der Waals surface area contributed by atoms with Crippen LogP contribution < -0.4 is 0 Å². The normalized spacial score (nSPS) is 34.5. The third kappa shape index (κ3) is 5.36. The molecular formula is C21H38N6O6Si. The second-order valence-corrected chi connectivity index (χ2v) is 15.8. The summed E-state index contributed by atoms with van der Waals surface area (Å²) >= 11 is 0. The fourth-order valence-corrected chi connectivity index (χ4v) is 5.51. The van der Waals surface area contributed by atoms with Gasteiger partial charge in [0.2, 0.25) is 0 Å². The van der Waals surface area contributed by atoms with Gasteiger partial charge in [0.05, 0.1) is 25.9 Å². The molecule has 2 rings (SSSR count). The molecule has 0 aromatic heterocycles. The van der Waals surface area contributed by atoms with E-state index in [1.165, 1.54) is 0 Å². The molecule has 0 aromatic rings. The molecule has 2 aliphatic heterocycles. The molecule has 0 spiro atoms. The number of ether oxygens (including phenoxy) is 4. The van der Waals surface area contributed by atoms with Crippen LogP contribution in [0.4, 0.5) is 0 Å². The molecule has 7 atom stereocenters. The number of rotatable bonds is 7. The molecule has 0 radical (unpaired) electrons. The Bertz CT molecular complexity index is 866. The maximum atomic E-state index is 13.0. The van der Waals surface area contributed by atoms with E-state index in [0.29, 0.717) is 0 Å². The average molecular weight is 499 g/mol. The van der Waals surface area contributed by atoms with Crippen molar-refractivity contribution in [1.82, 2.24) is 0 Å². The Morgan fingerprint density at radius 3 is 2.21 bits per heavy atom. The Labute approximate surface area is 202 Å². The van der Waals surface area contributed by atoms with E-state index in [-0.39, 0.29) is 17.6 Å². The van der Waals surface area contributed by atoms with Gasteiger partial charge in [0.15, 0.2) is 14.1 Å². The van der Waals surface area contributed by atoms with E-state index < -0.39 is 56.1 Å². The van der Waals surface area contributed by atoms with E-state index in [1.807, 2.05) is 27.7 Å². The molecule has 12 nitrogen and oxygen atoms in total. The zero-order valence-corrected chi connectivity index (χ0v) is 22.8. The number of hydrogen-bond acceptors (Lipinski definition) is 8. The van der Waals surface area contributed by atoms with Crippen LogP contribution in [0.2, 0.25) is 18.1 Å². The highest BCUT2D eigenvalue weighted by atomic mass is 28.4. The first-order chi connectivity index (χ1) is 15.6. The largest absolute Gasteiger partial charge is 0.467 e. The van der Waals surface area contributed by atoms with Crippen molar-refractivity contribution in [1.29, 1.82) is 0 Å². The summed E-state index contributed by atoms with van der Waals surface area (Å²) in [4.78, 5) is 18.7. The van der Waals surface area contributed by atoms with Crippen LogP contribution in [0.1, 0.15) is 48.5 Å². The minimum atomic E-state index is -2.37. The molecule has 0 aliphatic carbocycles. The Morgan fingerprint density at radius 2 is 1.76 bits per heavy atom. The maximum Gasteiger partial charge on any atom is 0.344 e. The van der Waals surface area contributed by atoms with Crippen LogP contribution in [-0.4, -0.2) is 63.9 Å². The third-order valence-electron chi connectivity index (χ3n) is 7.37. The molecule has 192 valence electrons. The molecule has 2 fully saturated rings. The molecular weight excluding hydrogens is 460 g/mol. The van der Waals surface area contributed by atoms with Crippen molar-refractivity contribution in [3.8, 4) is 0 Å². The molecule has 2 aliphatic rings. The van der Waals surface area contributed by atoms with E-state index in [9.17, 15) is 15.9 Å². The highest BCUT2D eigenvalue weighted by molar-refractivity contribution is 6.74. The smallest absolute Gasteiger partial charge is 0.344 e. The molecule has 0 N–H and O–H groups in total. The molecule has 2 saturated heterocycles. The zero-order valence-electron chi connectivity index (χ0n) is 21.8. The van der Waals surface area contributed by atoms with Crippen LogP contribution in [0, 0.1) is 11.8 Å². The molecule has 13 heteroatoms. The maximum absolute atomic E-state index is 13.0. The topological polar surface area (TPSA) is 161 Å². The van der Waals surface area contributed by atoms with Crippen LogP contribution in [0.5, 0.6) is 0 Å². The van der Waals surface area contributed by atoms with Gasteiger partial charge in [0.25, 0.3) is 5.72 Å². The van der Waals surface area contributed by atoms with Crippen LogP contribution >= 0.6 is 0 Å². The van der Waals surface area contributed by atoms with E-state index in [0.717, 1.165) is 7.11 Å². The quantitative estimate of drug-likeness (QED) is 0.157. The lowest BCUT2D eigenvalue weighted by Gasteiger charge is -2.51. The van der Waals surface area contributed by atoms with E-state index >= 15 is 0 Å². The lowest BCUT2D eigenvalue weighted by atomic mass is 9.75. The summed E-state index contributed by atoms with van der Waals surface area (Å²) in [5.74, 6) is -2.44. The van der Waals surface area contributed by atoms with Gasteiger partial charge < -0.3 is 23.4 Å². The number of nitrogens with zero attached hydrogens (tertiary/aromatic N) is 6. The van der Waals surface area contributed by atoms with Crippen molar-refractivity contribution in [3.05, 3.63) is 20.9 Å². The summed E-state index contributed by atoms with van der Waals surface area (Å²) in [5.41, 5.74) is 16.3. The van der Waals surface area contributed by atoms with Gasteiger partial charge in [-0.25, -0.2) is 4.79 Å². The second-order valence-electron chi connectivity index (χ2n) is 11.0. The van der Waals surface area contributed by atoms with E-state index in [2.05, 4.69) is 53.9 Å². The van der Waals surface area contributed by atoms with Crippen LogP contribution in [0.3, 0.4) is 0 Å². The number of hydrogen-bond donors (Lipinski definition) is 0.